The number of amides is 1. The zero-order valence-corrected chi connectivity index (χ0v) is 16.4. The van der Waals surface area contributed by atoms with Crippen LogP contribution in [0.4, 0.5) is 0 Å². The molecule has 5 nitrogen and oxygen atoms in total. The normalized spacial score (nSPS) is 21.5. The summed E-state index contributed by atoms with van der Waals surface area (Å²) in [6.45, 7) is 10.6. The van der Waals surface area contributed by atoms with Crippen LogP contribution >= 0.6 is 0 Å². The van der Waals surface area contributed by atoms with Crippen LogP contribution in [-0.4, -0.2) is 27.4 Å². The molecule has 138 valence electrons. The van der Waals surface area contributed by atoms with Gasteiger partial charge in [-0.2, -0.15) is 0 Å². The van der Waals surface area contributed by atoms with Crippen molar-refractivity contribution in [3.05, 3.63) is 41.5 Å². The van der Waals surface area contributed by atoms with Gasteiger partial charge >= 0.3 is 0 Å². The van der Waals surface area contributed by atoms with Crippen LogP contribution in [0, 0.1) is 24.2 Å². The predicted octanol–water partition coefficient (Wildman–Crippen LogP) is 2.63. The number of allylic oxidation sites excluding steroid dienone is 2. The predicted molar refractivity (Wildman–Crippen MR) is 99.6 cm³/mol. The van der Waals surface area contributed by atoms with E-state index in [1.807, 2.05) is 20.8 Å². The highest BCUT2D eigenvalue weighted by molar-refractivity contribution is 7.89. The fourth-order valence-corrected chi connectivity index (χ4v) is 4.16. The molecular formula is C19H28N2O3S. The molecule has 0 spiro atoms. The molecule has 1 fully saturated rings. The van der Waals surface area contributed by atoms with Gasteiger partial charge in [-0.3, -0.25) is 4.79 Å². The zero-order valence-electron chi connectivity index (χ0n) is 15.6. The number of sulfonamides is 1. The Morgan fingerprint density at radius 3 is 2.32 bits per heavy atom. The Labute approximate surface area is 151 Å². The molecule has 1 aliphatic carbocycles. The lowest BCUT2D eigenvalue weighted by molar-refractivity contribution is -0.123. The van der Waals surface area contributed by atoms with E-state index in [1.165, 1.54) is 5.57 Å². The summed E-state index contributed by atoms with van der Waals surface area (Å²) in [7, 11) is -3.54. The van der Waals surface area contributed by atoms with Gasteiger partial charge in [-0.05, 0) is 44.2 Å². The van der Waals surface area contributed by atoms with Gasteiger partial charge in [0.25, 0.3) is 0 Å². The maximum Gasteiger partial charge on any atom is 0.240 e. The summed E-state index contributed by atoms with van der Waals surface area (Å²) in [5.74, 6) is 0.194. The number of hydrogen-bond donors (Lipinski definition) is 2. The van der Waals surface area contributed by atoms with Gasteiger partial charge in [0.1, 0.15) is 0 Å². The summed E-state index contributed by atoms with van der Waals surface area (Å²) in [5.41, 5.74) is 2.17. The van der Waals surface area contributed by atoms with Gasteiger partial charge in [0.15, 0.2) is 0 Å². The lowest BCUT2D eigenvalue weighted by Gasteiger charge is -2.09. The van der Waals surface area contributed by atoms with Crippen molar-refractivity contribution < 1.29 is 13.2 Å². The molecule has 25 heavy (non-hydrogen) atoms. The number of rotatable bonds is 7. The van der Waals surface area contributed by atoms with Crippen LogP contribution in [0.15, 0.2) is 40.8 Å². The third kappa shape index (κ3) is 4.70. The highest BCUT2D eigenvalue weighted by Gasteiger charge is 2.60. The second-order valence-corrected chi connectivity index (χ2v) is 9.34. The molecule has 0 aliphatic heterocycles. The molecule has 1 amide bonds. The van der Waals surface area contributed by atoms with E-state index in [-0.39, 0.29) is 41.1 Å². The van der Waals surface area contributed by atoms with E-state index in [9.17, 15) is 13.2 Å². The van der Waals surface area contributed by atoms with Crippen molar-refractivity contribution in [2.24, 2.45) is 17.3 Å². The van der Waals surface area contributed by atoms with E-state index in [2.05, 4.69) is 30.0 Å². The molecule has 1 aromatic carbocycles. The van der Waals surface area contributed by atoms with Gasteiger partial charge in [0, 0.05) is 13.1 Å². The first-order valence-corrected chi connectivity index (χ1v) is 10.0. The molecule has 6 heteroatoms. The summed E-state index contributed by atoms with van der Waals surface area (Å²) in [4.78, 5) is 12.6. The van der Waals surface area contributed by atoms with E-state index in [4.69, 9.17) is 0 Å². The van der Waals surface area contributed by atoms with Crippen molar-refractivity contribution in [1.82, 2.24) is 10.0 Å². The van der Waals surface area contributed by atoms with Crippen molar-refractivity contribution in [2.45, 2.75) is 39.5 Å². The fraction of sp³-hybridized carbons (Fsp3) is 0.526. The van der Waals surface area contributed by atoms with Crippen LogP contribution in [0.3, 0.4) is 0 Å². The number of carbonyl (C=O) groups is 1. The largest absolute Gasteiger partial charge is 0.355 e. The molecule has 2 N–H and O–H groups in total. The second kappa shape index (κ2) is 7.30. The third-order valence-corrected chi connectivity index (χ3v) is 6.23. The molecule has 2 atom stereocenters. The number of benzene rings is 1. The van der Waals surface area contributed by atoms with Crippen LogP contribution in [-0.2, 0) is 14.8 Å². The van der Waals surface area contributed by atoms with Crippen LogP contribution in [0.25, 0.3) is 0 Å². The zero-order chi connectivity index (χ0) is 18.8. The molecular weight excluding hydrogens is 336 g/mol. The number of aryl methyl sites for hydroxylation is 1. The van der Waals surface area contributed by atoms with Crippen molar-refractivity contribution in [2.75, 3.05) is 13.1 Å². The molecule has 0 bridgehead atoms. The van der Waals surface area contributed by atoms with Crippen molar-refractivity contribution >= 4 is 15.9 Å². The Kier molecular flexibility index (Phi) is 5.74. The van der Waals surface area contributed by atoms with E-state index in [1.54, 1.807) is 24.3 Å². The van der Waals surface area contributed by atoms with Crippen molar-refractivity contribution in [3.8, 4) is 0 Å². The third-order valence-electron chi connectivity index (χ3n) is 4.75. The van der Waals surface area contributed by atoms with Gasteiger partial charge in [-0.25, -0.2) is 13.1 Å². The second-order valence-electron chi connectivity index (χ2n) is 7.57. The van der Waals surface area contributed by atoms with E-state index >= 15 is 0 Å². The highest BCUT2D eigenvalue weighted by atomic mass is 32.2. The van der Waals surface area contributed by atoms with Crippen LogP contribution in [0.5, 0.6) is 0 Å². The Morgan fingerprint density at radius 1 is 1.16 bits per heavy atom. The molecule has 0 radical (unpaired) electrons. The van der Waals surface area contributed by atoms with Gasteiger partial charge in [0.2, 0.25) is 15.9 Å². The number of nitrogens with one attached hydrogen (secondary N) is 2. The van der Waals surface area contributed by atoms with Gasteiger partial charge in [-0.1, -0.05) is 43.2 Å². The minimum Gasteiger partial charge on any atom is -0.355 e. The average molecular weight is 365 g/mol. The summed E-state index contributed by atoms with van der Waals surface area (Å²) >= 11 is 0. The molecule has 1 aromatic rings. The van der Waals surface area contributed by atoms with Crippen LogP contribution < -0.4 is 10.0 Å². The maximum absolute atomic E-state index is 12.3. The Balaban J connectivity index is 1.82. The first-order chi connectivity index (χ1) is 11.6. The lowest BCUT2D eigenvalue weighted by atomic mass is 10.1. The Bertz CT molecular complexity index is 760. The topological polar surface area (TPSA) is 75.3 Å². The Hall–Kier alpha value is -1.66. The summed E-state index contributed by atoms with van der Waals surface area (Å²) < 4.78 is 26.9. The SMILES string of the molecule is CC(C)=CC1C(C(=O)NCCNS(=O)(=O)c2ccc(C)cc2)C1(C)C. The molecule has 0 aromatic heterocycles. The Morgan fingerprint density at radius 2 is 1.76 bits per heavy atom. The molecule has 0 saturated heterocycles. The maximum atomic E-state index is 12.3. The average Bonchev–Trinajstić information content (AvgIpc) is 3.04. The molecule has 1 saturated carbocycles. The van der Waals surface area contributed by atoms with Gasteiger partial charge in [0.05, 0.1) is 10.8 Å². The highest BCUT2D eigenvalue weighted by Crippen LogP contribution is 2.59. The van der Waals surface area contributed by atoms with E-state index < -0.39 is 10.0 Å². The van der Waals surface area contributed by atoms with Crippen molar-refractivity contribution in [3.63, 3.8) is 0 Å². The summed E-state index contributed by atoms with van der Waals surface area (Å²) in [6.07, 6.45) is 2.14. The summed E-state index contributed by atoms with van der Waals surface area (Å²) in [5, 5.41) is 2.84. The number of carbonyl (C=O) groups excluding carboxylic acids is 1. The fourth-order valence-electron chi connectivity index (χ4n) is 3.13. The standard InChI is InChI=1S/C19H28N2O3S/c1-13(2)12-16-17(19(16,4)5)18(22)20-10-11-21-25(23,24)15-8-6-14(3)7-9-15/h6-9,12,16-17,21H,10-11H2,1-5H3,(H,20,22). The van der Waals surface area contributed by atoms with Gasteiger partial charge < -0.3 is 5.32 Å². The minimum absolute atomic E-state index is 0.0120. The lowest BCUT2D eigenvalue weighted by Crippen LogP contribution is -2.36. The quantitative estimate of drug-likeness (QED) is 0.577. The number of hydrogen-bond acceptors (Lipinski definition) is 3. The smallest absolute Gasteiger partial charge is 0.240 e. The molecule has 1 aliphatic rings. The molecule has 2 rings (SSSR count). The van der Waals surface area contributed by atoms with E-state index in [0.717, 1.165) is 5.56 Å². The first-order valence-electron chi connectivity index (χ1n) is 8.55. The molecule has 0 heterocycles. The molecule has 2 unspecified atom stereocenters. The first kappa shape index (κ1) is 19.7. The minimum atomic E-state index is -3.54. The van der Waals surface area contributed by atoms with E-state index in [0.29, 0.717) is 0 Å². The van der Waals surface area contributed by atoms with Crippen LogP contribution in [0.1, 0.15) is 33.3 Å². The van der Waals surface area contributed by atoms with Crippen molar-refractivity contribution in [1.29, 1.82) is 0 Å². The van der Waals surface area contributed by atoms with Gasteiger partial charge in [-0.15, -0.1) is 0 Å². The van der Waals surface area contributed by atoms with Crippen LogP contribution in [0.2, 0.25) is 0 Å². The monoisotopic (exact) mass is 364 g/mol. The summed E-state index contributed by atoms with van der Waals surface area (Å²) in [6, 6.07) is 6.67.